The first-order chi connectivity index (χ1) is 9.09. The number of carbonyl (C=O) groups excluding carboxylic acids is 1. The van der Waals surface area contributed by atoms with Crippen molar-refractivity contribution < 1.29 is 9.53 Å². The van der Waals surface area contributed by atoms with Gasteiger partial charge in [-0.25, -0.2) is 0 Å². The molecule has 4 nitrogen and oxygen atoms in total. The predicted molar refractivity (Wildman–Crippen MR) is 75.2 cm³/mol. The van der Waals surface area contributed by atoms with Gasteiger partial charge >= 0.3 is 0 Å². The fraction of sp³-hybridized carbons (Fsp3) is 0.500. The predicted octanol–water partition coefficient (Wildman–Crippen LogP) is 1.85. The van der Waals surface area contributed by atoms with Gasteiger partial charge in [-0.15, -0.1) is 0 Å². The number of nitrogens with one attached hydrogen (secondary N) is 1. The normalized spacial score (nSPS) is 20.9. The minimum Gasteiger partial charge on any atom is -0.366 e. The van der Waals surface area contributed by atoms with Crippen LogP contribution in [0.3, 0.4) is 0 Å². The molecule has 2 unspecified atom stereocenters. The van der Waals surface area contributed by atoms with E-state index < -0.39 is 0 Å². The zero-order valence-electron chi connectivity index (χ0n) is 11.2. The number of morpholine rings is 1. The summed E-state index contributed by atoms with van der Waals surface area (Å²) in [6.07, 6.45) is -0.389. The van der Waals surface area contributed by atoms with Crippen molar-refractivity contribution in [1.82, 2.24) is 10.2 Å². The highest BCUT2D eigenvalue weighted by molar-refractivity contribution is 6.30. The number of ether oxygens (including phenoxy) is 1. The molecule has 1 aromatic rings. The SMILES string of the molecule is CC(c1cccc(Cl)c1)N(C)C(=O)C1CNCCO1. The molecule has 0 spiro atoms. The van der Waals surface area contributed by atoms with Crippen molar-refractivity contribution >= 4 is 17.5 Å². The van der Waals surface area contributed by atoms with Crippen molar-refractivity contribution in [2.45, 2.75) is 19.1 Å². The van der Waals surface area contributed by atoms with Gasteiger partial charge in [0.25, 0.3) is 5.91 Å². The van der Waals surface area contributed by atoms with Gasteiger partial charge in [0.1, 0.15) is 6.10 Å². The van der Waals surface area contributed by atoms with E-state index in [9.17, 15) is 4.79 Å². The van der Waals surface area contributed by atoms with Gasteiger partial charge in [-0.3, -0.25) is 4.79 Å². The number of hydrogen-bond donors (Lipinski definition) is 1. The molecule has 1 aromatic carbocycles. The van der Waals surface area contributed by atoms with Crippen molar-refractivity contribution in [2.24, 2.45) is 0 Å². The van der Waals surface area contributed by atoms with E-state index in [1.165, 1.54) is 0 Å². The van der Waals surface area contributed by atoms with Gasteiger partial charge in [0.15, 0.2) is 0 Å². The second kappa shape index (κ2) is 6.37. The van der Waals surface area contributed by atoms with Crippen LogP contribution in [0.1, 0.15) is 18.5 Å². The molecule has 1 aliphatic rings. The first kappa shape index (κ1) is 14.3. The molecule has 0 radical (unpaired) electrons. The van der Waals surface area contributed by atoms with Gasteiger partial charge in [-0.05, 0) is 24.6 Å². The molecule has 1 amide bonds. The van der Waals surface area contributed by atoms with Crippen LogP contribution in [0.5, 0.6) is 0 Å². The van der Waals surface area contributed by atoms with Crippen LogP contribution < -0.4 is 5.32 Å². The number of rotatable bonds is 3. The van der Waals surface area contributed by atoms with Gasteiger partial charge in [0, 0.05) is 25.2 Å². The standard InChI is InChI=1S/C14H19ClN2O2/c1-10(11-4-3-5-12(15)8-11)17(2)14(18)13-9-16-6-7-19-13/h3-5,8,10,13,16H,6-7,9H2,1-2H3. The zero-order chi connectivity index (χ0) is 13.8. The molecule has 104 valence electrons. The summed E-state index contributed by atoms with van der Waals surface area (Å²) in [6.45, 7) is 3.94. The summed E-state index contributed by atoms with van der Waals surface area (Å²) in [5.74, 6) is -0.000300. The molecular formula is C14H19ClN2O2. The quantitative estimate of drug-likeness (QED) is 0.920. The first-order valence-electron chi connectivity index (χ1n) is 6.44. The Morgan fingerprint density at radius 3 is 3.00 bits per heavy atom. The molecule has 0 aliphatic carbocycles. The van der Waals surface area contributed by atoms with E-state index in [0.29, 0.717) is 18.2 Å². The Balaban J connectivity index is 2.05. The zero-order valence-corrected chi connectivity index (χ0v) is 12.0. The molecular weight excluding hydrogens is 264 g/mol. The lowest BCUT2D eigenvalue weighted by Gasteiger charge is -2.31. The Kier molecular flexibility index (Phi) is 4.80. The van der Waals surface area contributed by atoms with Crippen LogP contribution in [0.25, 0.3) is 0 Å². The van der Waals surface area contributed by atoms with E-state index in [0.717, 1.165) is 12.1 Å². The molecule has 1 N–H and O–H groups in total. The Bertz CT molecular complexity index is 447. The summed E-state index contributed by atoms with van der Waals surface area (Å²) in [5.41, 5.74) is 1.02. The largest absolute Gasteiger partial charge is 0.366 e. The Morgan fingerprint density at radius 2 is 2.37 bits per heavy atom. The Labute approximate surface area is 118 Å². The van der Waals surface area contributed by atoms with Crippen LogP contribution in [0.15, 0.2) is 24.3 Å². The summed E-state index contributed by atoms with van der Waals surface area (Å²) >= 11 is 5.98. The maximum absolute atomic E-state index is 12.3. The smallest absolute Gasteiger partial charge is 0.253 e. The number of hydrogen-bond acceptors (Lipinski definition) is 3. The van der Waals surface area contributed by atoms with E-state index in [1.54, 1.807) is 11.9 Å². The van der Waals surface area contributed by atoms with Crippen LogP contribution in [-0.4, -0.2) is 43.7 Å². The van der Waals surface area contributed by atoms with Crippen molar-refractivity contribution in [1.29, 1.82) is 0 Å². The topological polar surface area (TPSA) is 41.6 Å². The van der Waals surface area contributed by atoms with Crippen LogP contribution in [0.4, 0.5) is 0 Å². The third-order valence-electron chi connectivity index (χ3n) is 3.46. The Hall–Kier alpha value is -1.10. The number of halogens is 1. The number of carbonyl (C=O) groups is 1. The fourth-order valence-electron chi connectivity index (χ4n) is 2.13. The van der Waals surface area contributed by atoms with Gasteiger partial charge in [0.05, 0.1) is 12.6 Å². The minimum absolute atomic E-state index is 0.000300. The molecule has 1 fully saturated rings. The molecule has 0 saturated carbocycles. The van der Waals surface area contributed by atoms with Crippen LogP contribution >= 0.6 is 11.6 Å². The maximum atomic E-state index is 12.3. The van der Waals surface area contributed by atoms with Crippen molar-refractivity contribution in [3.8, 4) is 0 Å². The van der Waals surface area contributed by atoms with E-state index in [2.05, 4.69) is 5.32 Å². The first-order valence-corrected chi connectivity index (χ1v) is 6.82. The monoisotopic (exact) mass is 282 g/mol. The molecule has 0 bridgehead atoms. The number of nitrogens with zero attached hydrogens (tertiary/aromatic N) is 1. The molecule has 19 heavy (non-hydrogen) atoms. The third kappa shape index (κ3) is 3.47. The highest BCUT2D eigenvalue weighted by atomic mass is 35.5. The van der Waals surface area contributed by atoms with Crippen molar-refractivity contribution in [3.63, 3.8) is 0 Å². The summed E-state index contributed by atoms with van der Waals surface area (Å²) in [4.78, 5) is 14.0. The van der Waals surface area contributed by atoms with Gasteiger partial charge < -0.3 is 15.0 Å². The molecule has 1 saturated heterocycles. The second-order valence-electron chi connectivity index (χ2n) is 4.74. The molecule has 1 heterocycles. The van der Waals surface area contributed by atoms with Crippen LogP contribution in [0, 0.1) is 0 Å². The van der Waals surface area contributed by atoms with Crippen LogP contribution in [0.2, 0.25) is 5.02 Å². The molecule has 0 aromatic heterocycles. The van der Waals surface area contributed by atoms with Gasteiger partial charge in [-0.1, -0.05) is 23.7 Å². The van der Waals surface area contributed by atoms with Gasteiger partial charge in [-0.2, -0.15) is 0 Å². The lowest BCUT2D eigenvalue weighted by Crippen LogP contribution is -2.48. The van der Waals surface area contributed by atoms with Crippen molar-refractivity contribution in [3.05, 3.63) is 34.9 Å². The van der Waals surface area contributed by atoms with E-state index in [4.69, 9.17) is 16.3 Å². The minimum atomic E-state index is -0.389. The average Bonchev–Trinajstić information content (AvgIpc) is 2.46. The molecule has 2 rings (SSSR count). The van der Waals surface area contributed by atoms with Crippen molar-refractivity contribution in [2.75, 3.05) is 26.7 Å². The van der Waals surface area contributed by atoms with E-state index in [-0.39, 0.29) is 18.1 Å². The van der Waals surface area contributed by atoms with Gasteiger partial charge in [0.2, 0.25) is 0 Å². The third-order valence-corrected chi connectivity index (χ3v) is 3.70. The molecule has 1 aliphatic heterocycles. The lowest BCUT2D eigenvalue weighted by atomic mass is 10.1. The summed E-state index contributed by atoms with van der Waals surface area (Å²) < 4.78 is 5.49. The van der Waals surface area contributed by atoms with E-state index in [1.807, 2.05) is 31.2 Å². The highest BCUT2D eigenvalue weighted by Crippen LogP contribution is 2.22. The molecule has 5 heteroatoms. The summed E-state index contributed by atoms with van der Waals surface area (Å²) in [6, 6.07) is 7.55. The summed E-state index contributed by atoms with van der Waals surface area (Å²) in [5, 5.41) is 3.85. The average molecular weight is 283 g/mol. The highest BCUT2D eigenvalue weighted by Gasteiger charge is 2.27. The number of amides is 1. The lowest BCUT2D eigenvalue weighted by molar-refractivity contribution is -0.145. The number of benzene rings is 1. The van der Waals surface area contributed by atoms with E-state index >= 15 is 0 Å². The molecule has 2 atom stereocenters. The number of likely N-dealkylation sites (N-methyl/N-ethyl adjacent to an activating group) is 1. The maximum Gasteiger partial charge on any atom is 0.253 e. The summed E-state index contributed by atoms with van der Waals surface area (Å²) in [7, 11) is 1.80. The Morgan fingerprint density at radius 1 is 1.58 bits per heavy atom. The fourth-order valence-corrected chi connectivity index (χ4v) is 2.33. The second-order valence-corrected chi connectivity index (χ2v) is 5.18. The van der Waals surface area contributed by atoms with Crippen LogP contribution in [-0.2, 0) is 9.53 Å².